The lowest BCUT2D eigenvalue weighted by molar-refractivity contribution is -0.138. The van der Waals surface area contributed by atoms with E-state index in [1.54, 1.807) is 0 Å². The van der Waals surface area contributed by atoms with E-state index >= 15 is 0 Å². The van der Waals surface area contributed by atoms with Gasteiger partial charge in [0.2, 0.25) is 6.39 Å². The Labute approximate surface area is 176 Å². The summed E-state index contributed by atoms with van der Waals surface area (Å²) in [4.78, 5) is 47.9. The second kappa shape index (κ2) is 8.48. The van der Waals surface area contributed by atoms with E-state index in [2.05, 4.69) is 30.7 Å². The number of carbonyl (C=O) groups excluding carboxylic acids is 3. The molecule has 160 valence electrons. The van der Waals surface area contributed by atoms with Gasteiger partial charge in [-0.15, -0.1) is 11.3 Å². The molecule has 0 aromatic carbocycles. The van der Waals surface area contributed by atoms with Crippen LogP contribution in [-0.2, 0) is 22.6 Å². The van der Waals surface area contributed by atoms with Crippen molar-refractivity contribution in [2.75, 3.05) is 13.6 Å². The highest BCUT2D eigenvalue weighted by atomic mass is 32.1. The number of nitrogens with two attached hydrogens (primary N) is 1. The Kier molecular flexibility index (Phi) is 5.77. The summed E-state index contributed by atoms with van der Waals surface area (Å²) >= 11 is 1.39. The standard InChI is InChI=1S/C18H23N7O4S/c1-25-5-4-11-13(7-25)30-18(23-11)17(28)22-12-6-9(15-20-8-29-24-15)2-3-10(12)21-16(27)14(19)26/h8-10,12H,2-7H2,1H3,(H2,19,26)(H,21,27)(H,22,28)/t9-,10-,12+/m0/s1. The van der Waals surface area contributed by atoms with Crippen molar-refractivity contribution in [1.82, 2.24) is 30.7 Å². The molecule has 4 N–H and O–H groups in total. The topological polar surface area (TPSA) is 156 Å². The second-order valence-electron chi connectivity index (χ2n) is 7.70. The fraction of sp³-hybridized carbons (Fsp3) is 0.556. The van der Waals surface area contributed by atoms with Crippen LogP contribution in [0.5, 0.6) is 0 Å². The average molecular weight is 433 g/mol. The predicted octanol–water partition coefficient (Wildman–Crippen LogP) is -0.450. The van der Waals surface area contributed by atoms with Crippen molar-refractivity contribution >= 4 is 29.1 Å². The van der Waals surface area contributed by atoms with Gasteiger partial charge in [0.25, 0.3) is 5.91 Å². The third kappa shape index (κ3) is 4.33. The second-order valence-corrected chi connectivity index (χ2v) is 8.78. The van der Waals surface area contributed by atoms with Crippen molar-refractivity contribution in [3.63, 3.8) is 0 Å². The van der Waals surface area contributed by atoms with E-state index in [-0.39, 0.29) is 11.8 Å². The lowest BCUT2D eigenvalue weighted by Crippen LogP contribution is -2.56. The molecule has 0 unspecified atom stereocenters. The van der Waals surface area contributed by atoms with Gasteiger partial charge >= 0.3 is 11.8 Å². The highest BCUT2D eigenvalue weighted by molar-refractivity contribution is 7.13. The van der Waals surface area contributed by atoms with Gasteiger partial charge in [-0.25, -0.2) is 4.98 Å². The van der Waals surface area contributed by atoms with E-state index in [9.17, 15) is 14.4 Å². The zero-order valence-corrected chi connectivity index (χ0v) is 17.3. The summed E-state index contributed by atoms with van der Waals surface area (Å²) in [5, 5.41) is 9.92. The van der Waals surface area contributed by atoms with Crippen LogP contribution < -0.4 is 16.4 Å². The van der Waals surface area contributed by atoms with Crippen LogP contribution >= 0.6 is 11.3 Å². The number of aromatic nitrogens is 3. The number of rotatable bonds is 4. The fourth-order valence-corrected chi connectivity index (χ4v) is 5.08. The summed E-state index contributed by atoms with van der Waals surface area (Å²) in [6.45, 7) is 1.69. The molecule has 11 nitrogen and oxygen atoms in total. The molecule has 2 aliphatic rings. The maximum absolute atomic E-state index is 12.9. The zero-order valence-electron chi connectivity index (χ0n) is 16.5. The van der Waals surface area contributed by atoms with Gasteiger partial charge < -0.3 is 25.8 Å². The van der Waals surface area contributed by atoms with Crippen LogP contribution in [0.3, 0.4) is 0 Å². The quantitative estimate of drug-likeness (QED) is 0.547. The van der Waals surface area contributed by atoms with Crippen molar-refractivity contribution in [2.45, 2.75) is 50.2 Å². The first-order chi connectivity index (χ1) is 14.4. The van der Waals surface area contributed by atoms with E-state index in [1.165, 1.54) is 17.7 Å². The molecule has 12 heteroatoms. The summed E-state index contributed by atoms with van der Waals surface area (Å²) in [5.74, 6) is -1.70. The van der Waals surface area contributed by atoms with Crippen molar-refractivity contribution in [2.24, 2.45) is 5.73 Å². The van der Waals surface area contributed by atoms with E-state index < -0.39 is 23.9 Å². The van der Waals surface area contributed by atoms with E-state index in [0.29, 0.717) is 30.1 Å². The SMILES string of the molecule is CN1CCc2nc(C(=O)N[C@@H]3C[C@@H](c4ncon4)CC[C@@H]3NC(=O)C(N)=O)sc2C1. The first-order valence-corrected chi connectivity index (χ1v) is 10.6. The van der Waals surface area contributed by atoms with Crippen LogP contribution in [0.1, 0.15) is 51.4 Å². The van der Waals surface area contributed by atoms with Gasteiger partial charge in [-0.05, 0) is 26.3 Å². The van der Waals surface area contributed by atoms with Gasteiger partial charge in [0.05, 0.1) is 11.7 Å². The van der Waals surface area contributed by atoms with Gasteiger partial charge in [-0.1, -0.05) is 5.16 Å². The number of primary amides is 1. The molecule has 1 fully saturated rings. The molecule has 4 rings (SSSR count). The largest absolute Gasteiger partial charge is 0.361 e. The van der Waals surface area contributed by atoms with Gasteiger partial charge in [-0.2, -0.15) is 4.98 Å². The molecule has 3 atom stereocenters. The summed E-state index contributed by atoms with van der Waals surface area (Å²) in [6, 6.07) is -0.862. The summed E-state index contributed by atoms with van der Waals surface area (Å²) in [6.07, 6.45) is 3.77. The minimum atomic E-state index is -1.06. The van der Waals surface area contributed by atoms with Gasteiger partial charge in [0.15, 0.2) is 10.8 Å². The monoisotopic (exact) mass is 433 g/mol. The maximum Gasteiger partial charge on any atom is 0.309 e. The Morgan fingerprint density at radius 3 is 2.83 bits per heavy atom. The summed E-state index contributed by atoms with van der Waals surface area (Å²) < 4.78 is 4.84. The molecule has 1 aliphatic carbocycles. The van der Waals surface area contributed by atoms with Gasteiger partial charge in [-0.3, -0.25) is 14.4 Å². The van der Waals surface area contributed by atoms with Crippen LogP contribution in [0.15, 0.2) is 10.9 Å². The van der Waals surface area contributed by atoms with Crippen LogP contribution in [0.25, 0.3) is 0 Å². The number of hydrogen-bond acceptors (Lipinski definition) is 9. The fourth-order valence-electron chi connectivity index (χ4n) is 3.99. The van der Waals surface area contributed by atoms with Gasteiger partial charge in [0, 0.05) is 36.3 Å². The van der Waals surface area contributed by atoms with Crippen LogP contribution in [0, 0.1) is 0 Å². The highest BCUT2D eigenvalue weighted by Gasteiger charge is 2.36. The number of nitrogens with one attached hydrogen (secondary N) is 2. The molecule has 0 saturated heterocycles. The van der Waals surface area contributed by atoms with Crippen LogP contribution in [0.2, 0.25) is 0 Å². The van der Waals surface area contributed by atoms with Gasteiger partial charge in [0.1, 0.15) is 0 Å². The average Bonchev–Trinajstić information content (AvgIpc) is 3.38. The highest BCUT2D eigenvalue weighted by Crippen LogP contribution is 2.32. The molecular formula is C18H23N7O4S. The molecule has 1 aliphatic heterocycles. The molecule has 30 heavy (non-hydrogen) atoms. The zero-order chi connectivity index (χ0) is 21.3. The molecule has 3 amide bonds. The Morgan fingerprint density at radius 2 is 2.10 bits per heavy atom. The van der Waals surface area contributed by atoms with Crippen molar-refractivity contribution in [3.8, 4) is 0 Å². The predicted molar refractivity (Wildman–Crippen MR) is 105 cm³/mol. The van der Waals surface area contributed by atoms with Crippen LogP contribution in [0.4, 0.5) is 0 Å². The first-order valence-electron chi connectivity index (χ1n) is 9.75. The molecule has 0 spiro atoms. The molecule has 0 bridgehead atoms. The minimum absolute atomic E-state index is 0.0334. The Hall–Kier alpha value is -2.86. The summed E-state index contributed by atoms with van der Waals surface area (Å²) in [7, 11) is 2.04. The van der Waals surface area contributed by atoms with E-state index in [1.807, 2.05) is 7.05 Å². The molecule has 3 heterocycles. The normalized spacial score (nSPS) is 24.1. The third-order valence-corrected chi connectivity index (χ3v) is 6.65. The molecule has 0 radical (unpaired) electrons. The maximum atomic E-state index is 12.9. The van der Waals surface area contributed by atoms with Crippen molar-refractivity contribution in [3.05, 3.63) is 27.8 Å². The minimum Gasteiger partial charge on any atom is -0.361 e. The lowest BCUT2D eigenvalue weighted by atomic mass is 9.81. The number of nitrogens with zero attached hydrogens (tertiary/aromatic N) is 4. The lowest BCUT2D eigenvalue weighted by Gasteiger charge is -2.35. The number of carbonyl (C=O) groups is 3. The van der Waals surface area contributed by atoms with Crippen molar-refractivity contribution in [1.29, 1.82) is 0 Å². The number of amides is 3. The first kappa shape index (κ1) is 20.4. The number of hydrogen-bond donors (Lipinski definition) is 3. The smallest absolute Gasteiger partial charge is 0.309 e. The Balaban J connectivity index is 1.50. The van der Waals surface area contributed by atoms with E-state index in [4.69, 9.17) is 10.3 Å². The summed E-state index contributed by atoms with van der Waals surface area (Å²) in [5.41, 5.74) is 6.05. The number of thiazole rings is 1. The number of likely N-dealkylation sites (N-methyl/N-ethyl adjacent to an activating group) is 1. The Bertz CT molecular complexity index is 944. The van der Waals surface area contributed by atoms with E-state index in [0.717, 1.165) is 30.1 Å². The molecule has 2 aromatic rings. The molecule has 1 saturated carbocycles. The Morgan fingerprint density at radius 1 is 1.27 bits per heavy atom. The number of fused-ring (bicyclic) bond motifs is 1. The van der Waals surface area contributed by atoms with Crippen molar-refractivity contribution < 1.29 is 18.9 Å². The molecular weight excluding hydrogens is 410 g/mol. The third-order valence-electron chi connectivity index (χ3n) is 5.57. The van der Waals surface area contributed by atoms with Crippen LogP contribution in [-0.4, -0.2) is 63.4 Å². The molecule has 2 aromatic heterocycles.